The number of nitrogens with zero attached hydrogens (tertiary/aromatic N) is 4. The van der Waals surface area contributed by atoms with Crippen molar-refractivity contribution >= 4 is 46.2 Å². The minimum Gasteiger partial charge on any atom is -0.393 e. The van der Waals surface area contributed by atoms with Gasteiger partial charge in [0.1, 0.15) is 12.0 Å². The third-order valence-corrected chi connectivity index (χ3v) is 5.71. The lowest BCUT2D eigenvalue weighted by atomic mass is 10.2. The largest absolute Gasteiger partial charge is 0.393 e. The van der Waals surface area contributed by atoms with E-state index in [4.69, 9.17) is 28.9 Å². The lowest BCUT2D eigenvalue weighted by Gasteiger charge is -2.36. The lowest BCUT2D eigenvalue weighted by molar-refractivity contribution is 0.249. The Morgan fingerprint density at radius 3 is 2.41 bits per heavy atom. The lowest BCUT2D eigenvalue weighted by Crippen LogP contribution is -2.46. The molecular formula is C21H22Cl2N6. The quantitative estimate of drug-likeness (QED) is 0.625. The number of anilines is 4. The van der Waals surface area contributed by atoms with Crippen molar-refractivity contribution in [2.45, 2.75) is 6.54 Å². The highest BCUT2D eigenvalue weighted by Crippen LogP contribution is 2.31. The first-order chi connectivity index (χ1) is 14.1. The Balaban J connectivity index is 1.43. The number of nitrogens with one attached hydrogen (secondary N) is 1. The highest BCUT2D eigenvalue weighted by atomic mass is 35.5. The first-order valence-electron chi connectivity index (χ1n) is 9.44. The summed E-state index contributed by atoms with van der Waals surface area (Å²) in [6.45, 7) is 4.58. The van der Waals surface area contributed by atoms with E-state index in [2.05, 4.69) is 49.4 Å². The standard InChI is InChI=1S/C21H22Cl2N6/c22-17-7-6-16(12-18(17)23)27-20-19(24)21(26-14-25-20)29-10-8-28(9-11-29)13-15-4-2-1-3-5-15/h1-7,12,14H,8-11,13,24H2,(H,25,26,27). The molecule has 0 amide bonds. The molecule has 2 heterocycles. The van der Waals surface area contributed by atoms with E-state index in [0.717, 1.165) is 44.2 Å². The molecule has 0 saturated carbocycles. The molecule has 1 saturated heterocycles. The number of nitrogens with two attached hydrogens (primary N) is 1. The van der Waals surface area contributed by atoms with Crippen LogP contribution in [-0.4, -0.2) is 41.0 Å². The van der Waals surface area contributed by atoms with Crippen LogP contribution < -0.4 is 16.0 Å². The molecule has 150 valence electrons. The third-order valence-electron chi connectivity index (χ3n) is 4.97. The summed E-state index contributed by atoms with van der Waals surface area (Å²) >= 11 is 12.1. The van der Waals surface area contributed by atoms with E-state index < -0.39 is 0 Å². The van der Waals surface area contributed by atoms with Crippen LogP contribution in [0.3, 0.4) is 0 Å². The Bertz CT molecular complexity index is 974. The van der Waals surface area contributed by atoms with E-state index in [-0.39, 0.29) is 0 Å². The van der Waals surface area contributed by atoms with Gasteiger partial charge in [-0.05, 0) is 23.8 Å². The Morgan fingerprint density at radius 2 is 1.69 bits per heavy atom. The average Bonchev–Trinajstić information content (AvgIpc) is 2.74. The van der Waals surface area contributed by atoms with E-state index in [1.807, 2.05) is 12.1 Å². The predicted octanol–water partition coefficient (Wildman–Crippen LogP) is 4.43. The maximum atomic E-state index is 6.39. The maximum Gasteiger partial charge on any atom is 0.159 e. The fraction of sp³-hybridized carbons (Fsp3) is 0.238. The number of hydrogen-bond acceptors (Lipinski definition) is 6. The number of hydrogen-bond donors (Lipinski definition) is 2. The minimum absolute atomic E-state index is 0.471. The Labute approximate surface area is 180 Å². The monoisotopic (exact) mass is 428 g/mol. The Morgan fingerprint density at radius 1 is 0.931 bits per heavy atom. The molecule has 0 bridgehead atoms. The molecule has 1 aliphatic heterocycles. The van der Waals surface area contributed by atoms with Crippen LogP contribution in [0.25, 0.3) is 0 Å². The van der Waals surface area contributed by atoms with Crippen molar-refractivity contribution in [3.05, 3.63) is 70.5 Å². The summed E-state index contributed by atoms with van der Waals surface area (Å²) in [4.78, 5) is 13.4. The topological polar surface area (TPSA) is 70.3 Å². The molecule has 3 aromatic rings. The van der Waals surface area contributed by atoms with Crippen molar-refractivity contribution in [2.75, 3.05) is 42.1 Å². The number of rotatable bonds is 5. The summed E-state index contributed by atoms with van der Waals surface area (Å²) in [6, 6.07) is 15.8. The van der Waals surface area contributed by atoms with Gasteiger partial charge in [0.25, 0.3) is 0 Å². The molecule has 29 heavy (non-hydrogen) atoms. The second kappa shape index (κ2) is 8.86. The summed E-state index contributed by atoms with van der Waals surface area (Å²) < 4.78 is 0. The molecule has 6 nitrogen and oxygen atoms in total. The molecule has 0 unspecified atom stereocenters. The second-order valence-corrected chi connectivity index (χ2v) is 7.78. The van der Waals surface area contributed by atoms with Crippen LogP contribution in [0.1, 0.15) is 5.56 Å². The molecule has 1 aromatic heterocycles. The van der Waals surface area contributed by atoms with Gasteiger partial charge >= 0.3 is 0 Å². The molecule has 1 aliphatic rings. The molecule has 0 spiro atoms. The van der Waals surface area contributed by atoms with E-state index in [1.165, 1.54) is 11.9 Å². The van der Waals surface area contributed by atoms with Gasteiger partial charge in [0.15, 0.2) is 11.6 Å². The summed E-state index contributed by atoms with van der Waals surface area (Å²) in [5.74, 6) is 1.31. The normalized spacial score (nSPS) is 14.8. The molecule has 0 radical (unpaired) electrons. The molecule has 1 fully saturated rings. The van der Waals surface area contributed by atoms with Crippen LogP contribution in [0.2, 0.25) is 10.0 Å². The number of aromatic nitrogens is 2. The number of benzene rings is 2. The van der Waals surface area contributed by atoms with Gasteiger partial charge in [-0.3, -0.25) is 4.90 Å². The molecule has 4 rings (SSSR count). The van der Waals surface area contributed by atoms with Crippen LogP contribution in [0, 0.1) is 0 Å². The second-order valence-electron chi connectivity index (χ2n) is 6.96. The van der Waals surface area contributed by atoms with Crippen molar-refractivity contribution in [1.29, 1.82) is 0 Å². The van der Waals surface area contributed by atoms with E-state index in [1.54, 1.807) is 12.1 Å². The SMILES string of the molecule is Nc1c(Nc2ccc(Cl)c(Cl)c2)ncnc1N1CCN(Cc2ccccc2)CC1. The van der Waals surface area contributed by atoms with Crippen molar-refractivity contribution in [3.8, 4) is 0 Å². The summed E-state index contributed by atoms with van der Waals surface area (Å²) in [7, 11) is 0. The first kappa shape index (κ1) is 19.8. The van der Waals surface area contributed by atoms with Gasteiger partial charge in [-0.25, -0.2) is 9.97 Å². The zero-order valence-corrected chi connectivity index (χ0v) is 17.4. The predicted molar refractivity (Wildman–Crippen MR) is 120 cm³/mol. The van der Waals surface area contributed by atoms with Gasteiger partial charge in [-0.1, -0.05) is 53.5 Å². The van der Waals surface area contributed by atoms with Crippen LogP contribution >= 0.6 is 23.2 Å². The average molecular weight is 429 g/mol. The molecule has 2 aromatic carbocycles. The first-order valence-corrected chi connectivity index (χ1v) is 10.2. The molecular weight excluding hydrogens is 407 g/mol. The van der Waals surface area contributed by atoms with Gasteiger partial charge < -0.3 is 16.0 Å². The fourth-order valence-corrected chi connectivity index (χ4v) is 3.71. The zero-order chi connectivity index (χ0) is 20.2. The van der Waals surface area contributed by atoms with Crippen LogP contribution in [0.15, 0.2) is 54.9 Å². The van der Waals surface area contributed by atoms with E-state index >= 15 is 0 Å². The van der Waals surface area contributed by atoms with E-state index in [9.17, 15) is 0 Å². The van der Waals surface area contributed by atoms with Gasteiger partial charge in [0.2, 0.25) is 0 Å². The maximum absolute atomic E-state index is 6.39. The van der Waals surface area contributed by atoms with Crippen molar-refractivity contribution in [1.82, 2.24) is 14.9 Å². The molecule has 0 aliphatic carbocycles. The minimum atomic E-state index is 0.471. The van der Waals surface area contributed by atoms with Crippen molar-refractivity contribution in [3.63, 3.8) is 0 Å². The number of halogens is 2. The highest BCUT2D eigenvalue weighted by Gasteiger charge is 2.21. The van der Waals surface area contributed by atoms with Crippen LogP contribution in [0.4, 0.5) is 23.0 Å². The zero-order valence-electron chi connectivity index (χ0n) is 15.9. The molecule has 8 heteroatoms. The third kappa shape index (κ3) is 4.72. The van der Waals surface area contributed by atoms with Crippen LogP contribution in [0.5, 0.6) is 0 Å². The number of nitrogen functional groups attached to an aromatic ring is 1. The van der Waals surface area contributed by atoms with Gasteiger partial charge in [-0.15, -0.1) is 0 Å². The molecule has 3 N–H and O–H groups in total. The fourth-order valence-electron chi connectivity index (χ4n) is 3.41. The van der Waals surface area contributed by atoms with Crippen molar-refractivity contribution < 1.29 is 0 Å². The van der Waals surface area contributed by atoms with Gasteiger partial charge in [-0.2, -0.15) is 0 Å². The van der Waals surface area contributed by atoms with Crippen LogP contribution in [-0.2, 0) is 6.54 Å². The Kier molecular flexibility index (Phi) is 6.04. The summed E-state index contributed by atoms with van der Waals surface area (Å²) in [5, 5.41) is 4.18. The summed E-state index contributed by atoms with van der Waals surface area (Å²) in [5.41, 5.74) is 9.01. The van der Waals surface area contributed by atoms with Gasteiger partial charge in [0, 0.05) is 38.4 Å². The molecule has 0 atom stereocenters. The summed E-state index contributed by atoms with van der Waals surface area (Å²) in [6.07, 6.45) is 1.53. The van der Waals surface area contributed by atoms with E-state index in [0.29, 0.717) is 21.6 Å². The highest BCUT2D eigenvalue weighted by molar-refractivity contribution is 6.42. The van der Waals surface area contributed by atoms with Crippen molar-refractivity contribution in [2.24, 2.45) is 0 Å². The smallest absolute Gasteiger partial charge is 0.159 e. The number of piperazine rings is 1. The van der Waals surface area contributed by atoms with Gasteiger partial charge in [0.05, 0.1) is 10.0 Å². The Hall–Kier alpha value is -2.54.